The van der Waals surface area contributed by atoms with Crippen LogP contribution in [0.3, 0.4) is 0 Å². The van der Waals surface area contributed by atoms with Crippen LogP contribution in [0.15, 0.2) is 36.4 Å². The van der Waals surface area contributed by atoms with Crippen molar-refractivity contribution in [1.29, 1.82) is 0 Å². The number of nitrogens with zero attached hydrogens (tertiary/aromatic N) is 1. The minimum Gasteiger partial charge on any atom is -0.487 e. The number of hydrogen-bond acceptors (Lipinski definition) is 6. The second-order valence-corrected chi connectivity index (χ2v) is 5.35. The lowest BCUT2D eigenvalue weighted by Gasteiger charge is -2.10. The maximum Gasteiger partial charge on any atom is 0.337 e. The van der Waals surface area contributed by atoms with E-state index in [1.54, 1.807) is 26.0 Å². The molecule has 8 nitrogen and oxygen atoms in total. The Labute approximate surface area is 149 Å². The van der Waals surface area contributed by atoms with Crippen LogP contribution in [-0.2, 0) is 4.74 Å². The monoisotopic (exact) mass is 358 g/mol. The summed E-state index contributed by atoms with van der Waals surface area (Å²) in [6, 6.07) is 8.69. The minimum atomic E-state index is -0.599. The molecule has 2 aromatic carbocycles. The van der Waals surface area contributed by atoms with Crippen molar-refractivity contribution in [3.63, 3.8) is 0 Å². The van der Waals surface area contributed by atoms with Crippen molar-refractivity contribution in [3.05, 3.63) is 63.2 Å². The maximum absolute atomic E-state index is 12.4. The van der Waals surface area contributed by atoms with Crippen molar-refractivity contribution in [2.45, 2.75) is 13.8 Å². The molecular formula is C18H18N2O6. The molecule has 0 aliphatic heterocycles. The Morgan fingerprint density at radius 1 is 1.15 bits per heavy atom. The highest BCUT2D eigenvalue weighted by Gasteiger charge is 2.19. The third-order valence-electron chi connectivity index (χ3n) is 3.61. The topological polar surface area (TPSA) is 108 Å². The van der Waals surface area contributed by atoms with Gasteiger partial charge in [0.05, 0.1) is 24.2 Å². The summed E-state index contributed by atoms with van der Waals surface area (Å²) in [4.78, 5) is 34.5. The second-order valence-electron chi connectivity index (χ2n) is 5.35. The molecule has 0 saturated carbocycles. The molecule has 26 heavy (non-hydrogen) atoms. The van der Waals surface area contributed by atoms with E-state index in [0.717, 1.165) is 0 Å². The van der Waals surface area contributed by atoms with Gasteiger partial charge in [-0.15, -0.1) is 0 Å². The van der Waals surface area contributed by atoms with Crippen molar-refractivity contribution in [1.82, 2.24) is 0 Å². The van der Waals surface area contributed by atoms with Gasteiger partial charge < -0.3 is 14.8 Å². The first-order valence-corrected chi connectivity index (χ1v) is 7.79. The molecular weight excluding hydrogens is 340 g/mol. The number of aryl methyl sites for hydroxylation is 1. The van der Waals surface area contributed by atoms with Gasteiger partial charge in [0, 0.05) is 17.3 Å². The molecule has 0 unspecified atom stereocenters. The smallest absolute Gasteiger partial charge is 0.337 e. The summed E-state index contributed by atoms with van der Waals surface area (Å²) in [5.74, 6) is -0.883. The number of nitro groups is 1. The lowest BCUT2D eigenvalue weighted by atomic mass is 10.1. The summed E-state index contributed by atoms with van der Waals surface area (Å²) in [6.45, 7) is 3.71. The predicted octanol–water partition coefficient (Wildman–Crippen LogP) is 3.34. The van der Waals surface area contributed by atoms with E-state index < -0.39 is 16.8 Å². The molecule has 0 aliphatic rings. The standard InChI is InChI=1S/C18H18N2O6/c1-4-26-16-8-6-12(10-15(16)20(23)24)17(21)19-14-7-5-13(9-11(14)2)18(22)25-3/h5-10H,4H2,1-3H3,(H,19,21). The van der Waals surface area contributed by atoms with Crippen molar-refractivity contribution >= 4 is 23.3 Å². The van der Waals surface area contributed by atoms with Gasteiger partial charge in [-0.1, -0.05) is 0 Å². The molecule has 2 rings (SSSR count). The Balaban J connectivity index is 2.26. The molecule has 0 atom stereocenters. The molecule has 0 aromatic heterocycles. The second kappa shape index (κ2) is 8.11. The number of carbonyl (C=O) groups is 2. The fourth-order valence-electron chi connectivity index (χ4n) is 2.32. The normalized spacial score (nSPS) is 10.1. The summed E-state index contributed by atoms with van der Waals surface area (Å²) in [5, 5.41) is 13.8. The zero-order valence-electron chi connectivity index (χ0n) is 14.6. The fraction of sp³-hybridized carbons (Fsp3) is 0.222. The number of nitrogens with one attached hydrogen (secondary N) is 1. The van der Waals surface area contributed by atoms with Crippen LogP contribution in [-0.4, -0.2) is 30.5 Å². The number of nitro benzene ring substituents is 1. The molecule has 0 saturated heterocycles. The number of methoxy groups -OCH3 is 1. The Hall–Kier alpha value is -3.42. The van der Waals surface area contributed by atoms with E-state index in [2.05, 4.69) is 10.1 Å². The highest BCUT2D eigenvalue weighted by atomic mass is 16.6. The van der Waals surface area contributed by atoms with Gasteiger partial charge in [-0.2, -0.15) is 0 Å². The van der Waals surface area contributed by atoms with Crippen LogP contribution in [0.5, 0.6) is 5.75 Å². The van der Waals surface area contributed by atoms with Gasteiger partial charge in [0.2, 0.25) is 0 Å². The highest BCUT2D eigenvalue weighted by molar-refractivity contribution is 6.05. The van der Waals surface area contributed by atoms with Crippen molar-refractivity contribution < 1.29 is 24.0 Å². The van der Waals surface area contributed by atoms with Gasteiger partial charge >= 0.3 is 11.7 Å². The van der Waals surface area contributed by atoms with Gasteiger partial charge in [-0.3, -0.25) is 14.9 Å². The molecule has 136 valence electrons. The molecule has 8 heteroatoms. The summed E-state index contributed by atoms with van der Waals surface area (Å²) in [7, 11) is 1.28. The lowest BCUT2D eigenvalue weighted by molar-refractivity contribution is -0.385. The van der Waals surface area contributed by atoms with E-state index in [1.807, 2.05) is 0 Å². The molecule has 1 N–H and O–H groups in total. The number of benzene rings is 2. The fourth-order valence-corrected chi connectivity index (χ4v) is 2.32. The maximum atomic E-state index is 12.4. The molecule has 1 amide bonds. The van der Waals surface area contributed by atoms with E-state index in [0.29, 0.717) is 16.8 Å². The van der Waals surface area contributed by atoms with Crippen LogP contribution in [0.25, 0.3) is 0 Å². The van der Waals surface area contributed by atoms with E-state index in [-0.39, 0.29) is 23.6 Å². The van der Waals surface area contributed by atoms with E-state index in [9.17, 15) is 19.7 Å². The van der Waals surface area contributed by atoms with E-state index in [4.69, 9.17) is 4.74 Å². The number of carbonyl (C=O) groups excluding carboxylic acids is 2. The Kier molecular flexibility index (Phi) is 5.90. The van der Waals surface area contributed by atoms with Crippen molar-refractivity contribution in [2.24, 2.45) is 0 Å². The summed E-state index contributed by atoms with van der Waals surface area (Å²) in [5.41, 5.74) is 1.34. The summed E-state index contributed by atoms with van der Waals surface area (Å²) < 4.78 is 9.85. The first kappa shape index (κ1) is 18.9. The molecule has 0 aliphatic carbocycles. The highest BCUT2D eigenvalue weighted by Crippen LogP contribution is 2.28. The third kappa shape index (κ3) is 4.15. The first-order valence-electron chi connectivity index (χ1n) is 7.79. The molecule has 0 bridgehead atoms. The number of esters is 1. The van der Waals surface area contributed by atoms with Crippen LogP contribution in [0.4, 0.5) is 11.4 Å². The number of ether oxygens (including phenoxy) is 2. The van der Waals surface area contributed by atoms with Gasteiger partial charge in [0.15, 0.2) is 5.75 Å². The largest absolute Gasteiger partial charge is 0.487 e. The van der Waals surface area contributed by atoms with Crippen molar-refractivity contribution in [3.8, 4) is 5.75 Å². The first-order chi connectivity index (χ1) is 12.4. The zero-order valence-corrected chi connectivity index (χ0v) is 14.6. The molecule has 0 spiro atoms. The van der Waals surface area contributed by atoms with Crippen LogP contribution >= 0.6 is 0 Å². The Morgan fingerprint density at radius 3 is 2.42 bits per heavy atom. The van der Waals surface area contributed by atoms with Crippen LogP contribution in [0.1, 0.15) is 33.2 Å². The molecule has 0 fully saturated rings. The number of rotatable bonds is 6. The average molecular weight is 358 g/mol. The number of anilines is 1. The quantitative estimate of drug-likeness (QED) is 0.482. The SMILES string of the molecule is CCOc1ccc(C(=O)Nc2ccc(C(=O)OC)cc2C)cc1[N+](=O)[O-]. The third-order valence-corrected chi connectivity index (χ3v) is 3.61. The van der Waals surface area contributed by atoms with Crippen LogP contribution < -0.4 is 10.1 Å². The molecule has 2 aromatic rings. The Morgan fingerprint density at radius 2 is 1.85 bits per heavy atom. The number of amides is 1. The lowest BCUT2D eigenvalue weighted by Crippen LogP contribution is -2.14. The number of hydrogen-bond donors (Lipinski definition) is 1. The van der Waals surface area contributed by atoms with Gasteiger partial charge in [0.25, 0.3) is 5.91 Å². The van der Waals surface area contributed by atoms with Gasteiger partial charge in [-0.05, 0) is 49.7 Å². The zero-order chi connectivity index (χ0) is 19.3. The van der Waals surface area contributed by atoms with E-state index in [1.165, 1.54) is 31.4 Å². The predicted molar refractivity (Wildman–Crippen MR) is 94.7 cm³/mol. The van der Waals surface area contributed by atoms with Crippen molar-refractivity contribution in [2.75, 3.05) is 19.0 Å². The molecule has 0 radical (unpaired) electrons. The molecule has 0 heterocycles. The summed E-state index contributed by atoms with van der Waals surface area (Å²) in [6.07, 6.45) is 0. The minimum absolute atomic E-state index is 0.104. The van der Waals surface area contributed by atoms with E-state index >= 15 is 0 Å². The van der Waals surface area contributed by atoms with Crippen LogP contribution in [0.2, 0.25) is 0 Å². The van der Waals surface area contributed by atoms with Gasteiger partial charge in [0.1, 0.15) is 0 Å². The summed E-state index contributed by atoms with van der Waals surface area (Å²) >= 11 is 0. The Bertz CT molecular complexity index is 863. The van der Waals surface area contributed by atoms with Crippen LogP contribution in [0, 0.1) is 17.0 Å². The average Bonchev–Trinajstić information content (AvgIpc) is 2.62. The van der Waals surface area contributed by atoms with Gasteiger partial charge in [-0.25, -0.2) is 4.79 Å².